The molecule has 1 aliphatic carbocycles. The zero-order chi connectivity index (χ0) is 15.6. The van der Waals surface area contributed by atoms with Gasteiger partial charge in [0.2, 0.25) is 5.91 Å². The molecule has 4 nitrogen and oxygen atoms in total. The van der Waals surface area contributed by atoms with Gasteiger partial charge in [-0.05, 0) is 43.9 Å². The van der Waals surface area contributed by atoms with Crippen LogP contribution in [0.3, 0.4) is 0 Å². The van der Waals surface area contributed by atoms with Crippen molar-refractivity contribution in [2.24, 2.45) is 11.8 Å². The van der Waals surface area contributed by atoms with E-state index in [9.17, 15) is 18.4 Å². The Kier molecular flexibility index (Phi) is 4.55. The van der Waals surface area contributed by atoms with Crippen LogP contribution in [0.25, 0.3) is 0 Å². The summed E-state index contributed by atoms with van der Waals surface area (Å²) in [4.78, 5) is 22.4. The molecule has 1 fully saturated rings. The van der Waals surface area contributed by atoms with E-state index in [2.05, 4.69) is 5.32 Å². The van der Waals surface area contributed by atoms with Crippen molar-refractivity contribution in [3.63, 3.8) is 0 Å². The van der Waals surface area contributed by atoms with Gasteiger partial charge in [-0.3, -0.25) is 9.59 Å². The molecule has 2 rings (SSSR count). The molecule has 1 aromatic carbocycles. The molecule has 114 valence electrons. The van der Waals surface area contributed by atoms with Crippen LogP contribution in [0.2, 0.25) is 0 Å². The number of carbonyl (C=O) groups is 2. The predicted octanol–water partition coefficient (Wildman–Crippen LogP) is 2.12. The van der Waals surface area contributed by atoms with Gasteiger partial charge in [0.05, 0.1) is 11.8 Å². The zero-order valence-electron chi connectivity index (χ0n) is 11.6. The van der Waals surface area contributed by atoms with Gasteiger partial charge in [0.15, 0.2) is 11.6 Å². The number of halogens is 2. The fraction of sp³-hybridized carbons (Fsp3) is 0.467. The highest BCUT2D eigenvalue weighted by atomic mass is 19.2. The molecule has 1 amide bonds. The number of hydrogen-bond acceptors (Lipinski definition) is 2. The molecule has 6 heteroatoms. The fourth-order valence-corrected chi connectivity index (χ4v) is 2.26. The van der Waals surface area contributed by atoms with E-state index in [1.165, 1.54) is 6.07 Å². The maximum Gasteiger partial charge on any atom is 0.307 e. The third-order valence-electron chi connectivity index (χ3n) is 3.68. The first kappa shape index (κ1) is 15.4. The first-order valence-electron chi connectivity index (χ1n) is 6.85. The van der Waals surface area contributed by atoms with E-state index in [4.69, 9.17) is 5.11 Å². The third kappa shape index (κ3) is 4.00. The number of rotatable bonds is 6. The van der Waals surface area contributed by atoms with Crippen molar-refractivity contribution in [2.75, 3.05) is 0 Å². The van der Waals surface area contributed by atoms with Crippen LogP contribution in [0.4, 0.5) is 8.78 Å². The molecular weight excluding hydrogens is 280 g/mol. The molecule has 0 aromatic heterocycles. The van der Waals surface area contributed by atoms with Gasteiger partial charge in [0, 0.05) is 6.04 Å². The van der Waals surface area contributed by atoms with Crippen molar-refractivity contribution in [1.82, 2.24) is 5.32 Å². The number of carbonyl (C=O) groups excluding carboxylic acids is 1. The minimum Gasteiger partial charge on any atom is -0.481 e. The highest BCUT2D eigenvalue weighted by Gasteiger charge is 2.48. The molecule has 0 spiro atoms. The van der Waals surface area contributed by atoms with Crippen LogP contribution in [0.15, 0.2) is 18.2 Å². The molecule has 1 saturated carbocycles. The Morgan fingerprint density at radius 3 is 2.62 bits per heavy atom. The Morgan fingerprint density at radius 1 is 1.33 bits per heavy atom. The molecule has 3 atom stereocenters. The Hall–Kier alpha value is -1.98. The zero-order valence-corrected chi connectivity index (χ0v) is 11.6. The molecule has 0 heterocycles. The number of carboxylic acid groups (broad SMARTS) is 1. The van der Waals surface area contributed by atoms with Crippen LogP contribution in [0, 0.1) is 23.5 Å². The van der Waals surface area contributed by atoms with Gasteiger partial charge < -0.3 is 10.4 Å². The Labute approximate surface area is 121 Å². The summed E-state index contributed by atoms with van der Waals surface area (Å²) in [6.45, 7) is 1.80. The van der Waals surface area contributed by atoms with Crippen molar-refractivity contribution < 1.29 is 23.5 Å². The highest BCUT2D eigenvalue weighted by molar-refractivity contribution is 5.89. The van der Waals surface area contributed by atoms with Crippen LogP contribution < -0.4 is 5.32 Å². The number of aryl methyl sites for hydroxylation is 1. The minimum absolute atomic E-state index is 0.152. The fourth-order valence-electron chi connectivity index (χ4n) is 2.26. The topological polar surface area (TPSA) is 66.4 Å². The molecule has 21 heavy (non-hydrogen) atoms. The molecule has 0 unspecified atom stereocenters. The van der Waals surface area contributed by atoms with E-state index in [0.717, 1.165) is 12.1 Å². The van der Waals surface area contributed by atoms with E-state index in [-0.39, 0.29) is 11.9 Å². The van der Waals surface area contributed by atoms with Crippen molar-refractivity contribution in [3.05, 3.63) is 35.4 Å². The second kappa shape index (κ2) is 6.20. The molecule has 1 aromatic rings. The first-order valence-corrected chi connectivity index (χ1v) is 6.85. The van der Waals surface area contributed by atoms with Crippen LogP contribution >= 0.6 is 0 Å². The van der Waals surface area contributed by atoms with Gasteiger partial charge in [-0.15, -0.1) is 0 Å². The second-order valence-electron chi connectivity index (χ2n) is 5.48. The van der Waals surface area contributed by atoms with Crippen molar-refractivity contribution in [3.8, 4) is 0 Å². The van der Waals surface area contributed by atoms with Crippen LogP contribution in [0.5, 0.6) is 0 Å². The largest absolute Gasteiger partial charge is 0.481 e. The van der Waals surface area contributed by atoms with E-state index >= 15 is 0 Å². The number of carboxylic acids is 1. The summed E-state index contributed by atoms with van der Waals surface area (Å²) in [6, 6.07) is 3.58. The molecule has 1 aliphatic rings. The predicted molar refractivity (Wildman–Crippen MR) is 71.5 cm³/mol. The lowest BCUT2D eigenvalue weighted by Gasteiger charge is -2.13. The molecule has 0 radical (unpaired) electrons. The van der Waals surface area contributed by atoms with Gasteiger partial charge in [0.1, 0.15) is 0 Å². The molecule has 0 aliphatic heterocycles. The number of nitrogens with one attached hydrogen (secondary N) is 1. The Bertz CT molecular complexity index is 562. The van der Waals surface area contributed by atoms with Crippen molar-refractivity contribution >= 4 is 11.9 Å². The highest BCUT2D eigenvalue weighted by Crippen LogP contribution is 2.38. The summed E-state index contributed by atoms with van der Waals surface area (Å²) >= 11 is 0. The maximum absolute atomic E-state index is 13.0. The van der Waals surface area contributed by atoms with Gasteiger partial charge in [-0.2, -0.15) is 0 Å². The Balaban J connectivity index is 1.77. The summed E-state index contributed by atoms with van der Waals surface area (Å²) in [5.41, 5.74) is 0.657. The van der Waals surface area contributed by atoms with Crippen LogP contribution in [-0.4, -0.2) is 23.0 Å². The van der Waals surface area contributed by atoms with Gasteiger partial charge >= 0.3 is 5.97 Å². The lowest BCUT2D eigenvalue weighted by Crippen LogP contribution is -2.34. The summed E-state index contributed by atoms with van der Waals surface area (Å²) in [6.07, 6.45) is 1.46. The van der Waals surface area contributed by atoms with E-state index in [1.54, 1.807) is 6.92 Å². The summed E-state index contributed by atoms with van der Waals surface area (Å²) in [5.74, 6) is -3.96. The average Bonchev–Trinajstić information content (AvgIpc) is 3.20. The van der Waals surface area contributed by atoms with Crippen LogP contribution in [0.1, 0.15) is 25.3 Å². The van der Waals surface area contributed by atoms with E-state index in [0.29, 0.717) is 24.8 Å². The SMILES string of the molecule is C[C@H](CCc1ccc(F)c(F)c1)NC(=O)[C@@H]1C[C@@H]1C(=O)O. The normalized spacial score (nSPS) is 21.7. The molecule has 0 bridgehead atoms. The quantitative estimate of drug-likeness (QED) is 0.845. The maximum atomic E-state index is 13.0. The van der Waals surface area contributed by atoms with Crippen molar-refractivity contribution in [2.45, 2.75) is 32.2 Å². The molecular formula is C15H17F2NO3. The first-order chi connectivity index (χ1) is 9.88. The van der Waals surface area contributed by atoms with E-state index in [1.807, 2.05) is 0 Å². The lowest BCUT2D eigenvalue weighted by atomic mass is 10.1. The minimum atomic E-state index is -0.940. The van der Waals surface area contributed by atoms with Gasteiger partial charge in [0.25, 0.3) is 0 Å². The number of amides is 1. The Morgan fingerprint density at radius 2 is 2.05 bits per heavy atom. The number of aliphatic carboxylic acids is 1. The number of benzene rings is 1. The molecule has 0 saturated heterocycles. The summed E-state index contributed by atoms with van der Waals surface area (Å²) in [5, 5.41) is 11.5. The number of hydrogen-bond donors (Lipinski definition) is 2. The molecule has 2 N–H and O–H groups in total. The average molecular weight is 297 g/mol. The van der Waals surface area contributed by atoms with Crippen molar-refractivity contribution in [1.29, 1.82) is 0 Å². The van der Waals surface area contributed by atoms with Crippen LogP contribution in [-0.2, 0) is 16.0 Å². The summed E-state index contributed by atoms with van der Waals surface area (Å²) in [7, 11) is 0. The second-order valence-corrected chi connectivity index (χ2v) is 5.48. The van der Waals surface area contributed by atoms with Gasteiger partial charge in [-0.1, -0.05) is 6.07 Å². The third-order valence-corrected chi connectivity index (χ3v) is 3.68. The monoisotopic (exact) mass is 297 g/mol. The van der Waals surface area contributed by atoms with E-state index < -0.39 is 29.4 Å². The smallest absolute Gasteiger partial charge is 0.307 e. The van der Waals surface area contributed by atoms with Gasteiger partial charge in [-0.25, -0.2) is 8.78 Å². The lowest BCUT2D eigenvalue weighted by molar-refractivity contribution is -0.140. The summed E-state index contributed by atoms with van der Waals surface area (Å²) < 4.78 is 25.8. The standard InChI is InChI=1S/C15H17F2NO3/c1-8(18-14(19)10-7-11(10)15(20)21)2-3-9-4-5-12(16)13(17)6-9/h4-6,8,10-11H,2-3,7H2,1H3,(H,18,19)(H,20,21)/t8-,10-,11+/m1/s1.